The molecule has 2 N–H and O–H groups in total. The highest BCUT2D eigenvalue weighted by molar-refractivity contribution is 7.89. The van der Waals surface area contributed by atoms with Crippen LogP contribution in [0.1, 0.15) is 12.8 Å². The van der Waals surface area contributed by atoms with E-state index in [1.807, 2.05) is 23.1 Å². The van der Waals surface area contributed by atoms with Crippen molar-refractivity contribution in [3.8, 4) is 6.07 Å². The quantitative estimate of drug-likeness (QED) is 0.591. The largest absolute Gasteiger partial charge is 0.372 e. The normalized spacial score (nSPS) is 18.9. The molecule has 2 fully saturated rings. The van der Waals surface area contributed by atoms with Gasteiger partial charge in [-0.25, -0.2) is 13.4 Å². The van der Waals surface area contributed by atoms with E-state index in [9.17, 15) is 18.5 Å². The summed E-state index contributed by atoms with van der Waals surface area (Å²) in [4.78, 5) is 23.3. The number of aromatic nitrogens is 2. The highest BCUT2D eigenvalue weighted by atomic mass is 32.2. The Morgan fingerprint density at radius 3 is 2.53 bits per heavy atom. The van der Waals surface area contributed by atoms with Crippen molar-refractivity contribution in [1.82, 2.24) is 19.6 Å². The predicted octanol–water partition coefficient (Wildman–Crippen LogP) is 0.581. The summed E-state index contributed by atoms with van der Waals surface area (Å²) in [5.41, 5.74) is -0.353. The topological polar surface area (TPSA) is 131 Å². The lowest BCUT2D eigenvalue weighted by Crippen LogP contribution is -2.53. The van der Waals surface area contributed by atoms with Crippen molar-refractivity contribution in [3.63, 3.8) is 0 Å². The molecule has 1 aliphatic heterocycles. The number of piperazine rings is 1. The van der Waals surface area contributed by atoms with Crippen LogP contribution in [-0.4, -0.2) is 72.1 Å². The van der Waals surface area contributed by atoms with E-state index in [1.165, 1.54) is 10.5 Å². The molecular formula is C21H25N7O3S. The maximum atomic E-state index is 13.2. The molecule has 1 saturated carbocycles. The molecule has 4 rings (SSSR count). The van der Waals surface area contributed by atoms with Gasteiger partial charge in [0.05, 0.1) is 17.5 Å². The smallest absolute Gasteiger partial charge is 0.244 e. The summed E-state index contributed by atoms with van der Waals surface area (Å²) >= 11 is 0. The highest BCUT2D eigenvalue weighted by Gasteiger charge is 2.46. The maximum absolute atomic E-state index is 13.2. The van der Waals surface area contributed by atoms with E-state index in [2.05, 4.69) is 26.7 Å². The van der Waals surface area contributed by atoms with Crippen LogP contribution in [0.2, 0.25) is 0 Å². The minimum atomic E-state index is -3.74. The van der Waals surface area contributed by atoms with Gasteiger partial charge in [-0.05, 0) is 37.1 Å². The van der Waals surface area contributed by atoms with Gasteiger partial charge in [0, 0.05) is 44.8 Å². The lowest BCUT2D eigenvalue weighted by molar-refractivity contribution is -0.122. The van der Waals surface area contributed by atoms with Gasteiger partial charge in [-0.2, -0.15) is 9.57 Å². The van der Waals surface area contributed by atoms with Gasteiger partial charge in [-0.1, -0.05) is 6.07 Å². The summed E-state index contributed by atoms with van der Waals surface area (Å²) in [6, 6.07) is 10.1. The molecule has 3 heterocycles. The Morgan fingerprint density at radius 2 is 1.94 bits per heavy atom. The minimum absolute atomic E-state index is 0.308. The average molecular weight is 456 g/mol. The number of amides is 1. The number of nitriles is 1. The molecule has 168 valence electrons. The molecule has 2 aromatic heterocycles. The first-order valence-corrected chi connectivity index (χ1v) is 12.1. The van der Waals surface area contributed by atoms with Crippen LogP contribution in [0.25, 0.3) is 0 Å². The molecule has 1 aliphatic carbocycles. The third-order valence-corrected chi connectivity index (χ3v) is 7.53. The number of hydrogen-bond donors (Lipinski definition) is 2. The molecule has 32 heavy (non-hydrogen) atoms. The van der Waals surface area contributed by atoms with Gasteiger partial charge in [-0.15, -0.1) is 0 Å². The Hall–Kier alpha value is -3.23. The van der Waals surface area contributed by atoms with Gasteiger partial charge in [0.1, 0.15) is 17.4 Å². The molecule has 0 bridgehead atoms. The van der Waals surface area contributed by atoms with Crippen molar-refractivity contribution in [2.45, 2.75) is 24.4 Å². The third kappa shape index (κ3) is 5.15. The Balaban J connectivity index is 1.44. The molecular weight excluding hydrogens is 430 g/mol. The fourth-order valence-electron chi connectivity index (χ4n) is 3.60. The minimum Gasteiger partial charge on any atom is -0.372 e. The average Bonchev–Trinajstić information content (AvgIpc) is 3.60. The number of rotatable bonds is 8. The van der Waals surface area contributed by atoms with Crippen molar-refractivity contribution in [2.75, 3.05) is 42.1 Å². The van der Waals surface area contributed by atoms with E-state index < -0.39 is 33.3 Å². The van der Waals surface area contributed by atoms with E-state index in [4.69, 9.17) is 0 Å². The molecule has 2 aliphatic rings. The number of sulfonamides is 1. The zero-order valence-electron chi connectivity index (χ0n) is 17.5. The Morgan fingerprint density at radius 1 is 1.16 bits per heavy atom. The molecule has 1 atom stereocenters. The van der Waals surface area contributed by atoms with Gasteiger partial charge in [0.25, 0.3) is 0 Å². The first-order chi connectivity index (χ1) is 15.4. The van der Waals surface area contributed by atoms with E-state index >= 15 is 0 Å². The lowest BCUT2D eigenvalue weighted by Gasteiger charge is -2.35. The van der Waals surface area contributed by atoms with Gasteiger partial charge < -0.3 is 15.5 Å². The first-order valence-electron chi connectivity index (χ1n) is 10.4. The fourth-order valence-corrected chi connectivity index (χ4v) is 5.18. The zero-order chi connectivity index (χ0) is 22.6. The second-order valence-electron chi connectivity index (χ2n) is 7.97. The second kappa shape index (κ2) is 9.10. The van der Waals surface area contributed by atoms with E-state index in [0.29, 0.717) is 44.7 Å². The van der Waals surface area contributed by atoms with Gasteiger partial charge >= 0.3 is 0 Å². The number of anilines is 2. The standard InChI is InChI=1S/C21H25N7O3S/c22-16-21(6-7-21)26-20(29)18(25-17-4-3-8-23-14-17)15-32(30,31)28-12-10-27(11-13-28)19-5-1-2-9-24-19/h1-5,8-9,14,18,25H,6-7,10-13,15H2,(H,26,29)/t18-/m0/s1. The molecule has 0 spiro atoms. The van der Waals surface area contributed by atoms with Crippen LogP contribution in [0.5, 0.6) is 0 Å². The summed E-state index contributed by atoms with van der Waals surface area (Å²) in [6.45, 7) is 1.64. The summed E-state index contributed by atoms with van der Waals surface area (Å²) in [6.07, 6.45) is 5.95. The zero-order valence-corrected chi connectivity index (χ0v) is 18.3. The molecule has 0 unspecified atom stereocenters. The molecule has 0 radical (unpaired) electrons. The Kier molecular flexibility index (Phi) is 6.25. The molecule has 1 amide bonds. The summed E-state index contributed by atoms with van der Waals surface area (Å²) in [7, 11) is -3.74. The fraction of sp³-hybridized carbons (Fsp3) is 0.429. The van der Waals surface area contributed by atoms with E-state index in [0.717, 1.165) is 5.82 Å². The van der Waals surface area contributed by atoms with Crippen molar-refractivity contribution in [2.24, 2.45) is 0 Å². The number of nitrogens with one attached hydrogen (secondary N) is 2. The van der Waals surface area contributed by atoms with Crippen LogP contribution in [0, 0.1) is 11.3 Å². The number of carbonyl (C=O) groups excluding carboxylic acids is 1. The SMILES string of the molecule is N#CC1(NC(=O)[C@H](CS(=O)(=O)N2CCN(c3ccccn3)CC2)Nc2cccnc2)CC1. The lowest BCUT2D eigenvalue weighted by atomic mass is 10.2. The van der Waals surface area contributed by atoms with Crippen molar-refractivity contribution in [1.29, 1.82) is 5.26 Å². The summed E-state index contributed by atoms with van der Waals surface area (Å²) < 4.78 is 27.8. The van der Waals surface area contributed by atoms with Crippen LogP contribution >= 0.6 is 0 Å². The van der Waals surface area contributed by atoms with Crippen molar-refractivity contribution >= 4 is 27.4 Å². The third-order valence-electron chi connectivity index (χ3n) is 5.63. The number of pyridine rings is 2. The first kappa shape index (κ1) is 22.0. The molecule has 2 aromatic rings. The number of carbonyl (C=O) groups is 1. The van der Waals surface area contributed by atoms with Crippen LogP contribution in [0.15, 0.2) is 48.9 Å². The van der Waals surface area contributed by atoms with Crippen molar-refractivity contribution in [3.05, 3.63) is 48.9 Å². The Bertz CT molecular complexity index is 1080. The number of hydrogen-bond acceptors (Lipinski definition) is 8. The van der Waals surface area contributed by atoms with Crippen LogP contribution in [0.4, 0.5) is 11.5 Å². The maximum Gasteiger partial charge on any atom is 0.244 e. The van der Waals surface area contributed by atoms with Gasteiger partial charge in [0.2, 0.25) is 15.9 Å². The van der Waals surface area contributed by atoms with E-state index in [1.54, 1.807) is 24.5 Å². The van der Waals surface area contributed by atoms with Crippen LogP contribution < -0.4 is 15.5 Å². The van der Waals surface area contributed by atoms with Crippen LogP contribution in [0.3, 0.4) is 0 Å². The summed E-state index contributed by atoms with van der Waals surface area (Å²) in [5.74, 6) is -0.117. The predicted molar refractivity (Wildman–Crippen MR) is 119 cm³/mol. The van der Waals surface area contributed by atoms with Crippen LogP contribution in [-0.2, 0) is 14.8 Å². The van der Waals surface area contributed by atoms with Gasteiger partial charge in [0.15, 0.2) is 0 Å². The molecule has 1 saturated heterocycles. The monoisotopic (exact) mass is 455 g/mol. The summed E-state index contributed by atoms with van der Waals surface area (Å²) in [5, 5.41) is 15.0. The Labute approximate surface area is 187 Å². The second-order valence-corrected chi connectivity index (χ2v) is 9.99. The molecule has 0 aromatic carbocycles. The highest BCUT2D eigenvalue weighted by Crippen LogP contribution is 2.34. The molecule has 10 nitrogen and oxygen atoms in total. The van der Waals surface area contributed by atoms with E-state index in [-0.39, 0.29) is 0 Å². The molecule has 11 heteroatoms. The van der Waals surface area contributed by atoms with Crippen molar-refractivity contribution < 1.29 is 13.2 Å². The van der Waals surface area contributed by atoms with Gasteiger partial charge in [-0.3, -0.25) is 9.78 Å². The number of nitrogens with zero attached hydrogens (tertiary/aromatic N) is 5.